The van der Waals surface area contributed by atoms with E-state index in [-0.39, 0.29) is 11.3 Å². The first kappa shape index (κ1) is 25.8. The van der Waals surface area contributed by atoms with Gasteiger partial charge in [0.2, 0.25) is 11.9 Å². The molecule has 37 heavy (non-hydrogen) atoms. The highest BCUT2D eigenvalue weighted by molar-refractivity contribution is 5.97. The van der Waals surface area contributed by atoms with Gasteiger partial charge in [0.05, 0.1) is 14.2 Å². The number of hydrogen-bond acceptors (Lipinski definition) is 7. The van der Waals surface area contributed by atoms with Gasteiger partial charge in [0.25, 0.3) is 5.91 Å². The van der Waals surface area contributed by atoms with Crippen LogP contribution >= 0.6 is 0 Å². The van der Waals surface area contributed by atoms with Gasteiger partial charge in [-0.3, -0.25) is 4.79 Å². The monoisotopic (exact) mass is 499 g/mol. The zero-order valence-corrected chi connectivity index (χ0v) is 21.9. The summed E-state index contributed by atoms with van der Waals surface area (Å²) in [7, 11) is 3.27. The molecule has 0 saturated heterocycles. The van der Waals surface area contributed by atoms with E-state index in [0.29, 0.717) is 30.5 Å². The normalized spacial score (nSPS) is 11.2. The molecular formula is C29H33N5O3. The van der Waals surface area contributed by atoms with Gasteiger partial charge < -0.3 is 20.1 Å². The molecule has 4 aromatic rings. The van der Waals surface area contributed by atoms with Gasteiger partial charge in [0.15, 0.2) is 0 Å². The number of nitrogens with zero attached hydrogens (tertiary/aromatic N) is 3. The van der Waals surface area contributed by atoms with Crippen LogP contribution in [0.2, 0.25) is 0 Å². The van der Waals surface area contributed by atoms with Gasteiger partial charge in [0, 0.05) is 18.7 Å². The first-order valence-electron chi connectivity index (χ1n) is 12.1. The average molecular weight is 500 g/mol. The predicted octanol–water partition coefficient (Wildman–Crippen LogP) is 5.51. The molecule has 0 unspecified atom stereocenters. The number of anilines is 2. The second kappa shape index (κ2) is 11.2. The molecule has 0 aliphatic carbocycles. The van der Waals surface area contributed by atoms with Crippen LogP contribution in [0.5, 0.6) is 11.5 Å². The number of carbonyl (C=O) groups is 1. The van der Waals surface area contributed by atoms with Crippen LogP contribution in [0.15, 0.2) is 72.8 Å². The van der Waals surface area contributed by atoms with Crippen molar-refractivity contribution in [3.8, 4) is 11.5 Å². The van der Waals surface area contributed by atoms with Gasteiger partial charge in [0.1, 0.15) is 11.5 Å². The SMILES string of the molecule is COc1ccc(CNc2nc(NCc3ccc(OC)cc3)n(C(=O)c3ccc(C(C)(C)C)cc3)n2)cc1. The van der Waals surface area contributed by atoms with E-state index in [4.69, 9.17) is 9.47 Å². The first-order chi connectivity index (χ1) is 17.8. The highest BCUT2D eigenvalue weighted by atomic mass is 16.5. The maximum Gasteiger partial charge on any atom is 0.281 e. The number of benzene rings is 3. The fraction of sp³-hybridized carbons (Fsp3) is 0.276. The largest absolute Gasteiger partial charge is 0.497 e. The molecule has 1 heterocycles. The van der Waals surface area contributed by atoms with Gasteiger partial charge in [-0.25, -0.2) is 0 Å². The van der Waals surface area contributed by atoms with Crippen molar-refractivity contribution in [2.24, 2.45) is 0 Å². The van der Waals surface area contributed by atoms with Crippen molar-refractivity contribution >= 4 is 17.8 Å². The summed E-state index contributed by atoms with van der Waals surface area (Å²) < 4.78 is 11.8. The van der Waals surface area contributed by atoms with E-state index in [1.807, 2.05) is 72.8 Å². The molecule has 8 heteroatoms. The zero-order valence-electron chi connectivity index (χ0n) is 21.9. The van der Waals surface area contributed by atoms with Gasteiger partial charge >= 0.3 is 0 Å². The lowest BCUT2D eigenvalue weighted by Gasteiger charge is -2.19. The molecule has 0 radical (unpaired) electrons. The zero-order chi connectivity index (χ0) is 26.4. The Kier molecular flexibility index (Phi) is 7.77. The molecule has 2 N–H and O–H groups in total. The lowest BCUT2D eigenvalue weighted by atomic mass is 9.87. The smallest absolute Gasteiger partial charge is 0.281 e. The fourth-order valence-corrected chi connectivity index (χ4v) is 3.73. The van der Waals surface area contributed by atoms with Gasteiger partial charge in [-0.1, -0.05) is 57.2 Å². The quantitative estimate of drug-likeness (QED) is 0.314. The molecule has 1 aromatic heterocycles. The number of ether oxygens (including phenoxy) is 2. The topological polar surface area (TPSA) is 90.3 Å². The molecule has 0 spiro atoms. The van der Waals surface area contributed by atoms with Crippen LogP contribution in [-0.2, 0) is 18.5 Å². The molecular weight excluding hydrogens is 466 g/mol. The third-order valence-corrected chi connectivity index (χ3v) is 6.02. The number of methoxy groups -OCH3 is 2. The minimum absolute atomic E-state index is 0.00153. The summed E-state index contributed by atoms with van der Waals surface area (Å²) in [5.74, 6) is 2.03. The molecule has 0 aliphatic rings. The molecule has 192 valence electrons. The summed E-state index contributed by atoms with van der Waals surface area (Å²) in [5.41, 5.74) is 3.74. The second-order valence-electron chi connectivity index (χ2n) is 9.71. The van der Waals surface area contributed by atoms with Crippen LogP contribution in [0.4, 0.5) is 11.9 Å². The highest BCUT2D eigenvalue weighted by Crippen LogP contribution is 2.23. The molecule has 0 amide bonds. The van der Waals surface area contributed by atoms with Crippen molar-refractivity contribution in [1.29, 1.82) is 0 Å². The minimum Gasteiger partial charge on any atom is -0.497 e. The van der Waals surface area contributed by atoms with E-state index >= 15 is 0 Å². The van der Waals surface area contributed by atoms with E-state index in [1.165, 1.54) is 4.68 Å². The third kappa shape index (κ3) is 6.46. The molecule has 4 rings (SSSR count). The maximum atomic E-state index is 13.4. The van der Waals surface area contributed by atoms with E-state index in [2.05, 4.69) is 41.5 Å². The summed E-state index contributed by atoms with van der Waals surface area (Å²) in [6.45, 7) is 7.40. The summed E-state index contributed by atoms with van der Waals surface area (Å²) in [4.78, 5) is 18.0. The standard InChI is InChI=1S/C29H33N5O3/c1-29(2,3)23-12-10-22(11-13-23)26(35)34-28(31-19-21-8-16-25(37-5)17-9-21)32-27(33-34)30-18-20-6-14-24(36-4)15-7-20/h6-17H,18-19H2,1-5H3,(H2,30,31,32,33). The van der Waals surface area contributed by atoms with Crippen LogP contribution in [0.3, 0.4) is 0 Å². The van der Waals surface area contributed by atoms with Gasteiger partial charge in [-0.15, -0.1) is 5.10 Å². The van der Waals surface area contributed by atoms with Crippen molar-refractivity contribution in [1.82, 2.24) is 14.8 Å². The summed E-state index contributed by atoms with van der Waals surface area (Å²) in [6.07, 6.45) is 0. The second-order valence-corrected chi connectivity index (χ2v) is 9.71. The maximum absolute atomic E-state index is 13.4. The number of nitrogens with one attached hydrogen (secondary N) is 2. The lowest BCUT2D eigenvalue weighted by Crippen LogP contribution is -2.18. The first-order valence-corrected chi connectivity index (χ1v) is 12.1. The van der Waals surface area contributed by atoms with Gasteiger partial charge in [-0.2, -0.15) is 9.67 Å². The lowest BCUT2D eigenvalue weighted by molar-refractivity contribution is 0.0947. The molecule has 0 atom stereocenters. The van der Waals surface area contributed by atoms with Crippen molar-refractivity contribution in [3.05, 3.63) is 95.1 Å². The molecule has 0 bridgehead atoms. The van der Waals surface area contributed by atoms with E-state index in [0.717, 1.165) is 28.2 Å². The Bertz CT molecular complexity index is 1320. The number of rotatable bonds is 9. The molecule has 3 aromatic carbocycles. The van der Waals surface area contributed by atoms with Crippen LogP contribution in [0, 0.1) is 0 Å². The van der Waals surface area contributed by atoms with Crippen molar-refractivity contribution in [3.63, 3.8) is 0 Å². The number of aromatic nitrogens is 3. The Balaban J connectivity index is 1.56. The van der Waals surface area contributed by atoms with Crippen molar-refractivity contribution in [2.45, 2.75) is 39.3 Å². The number of carbonyl (C=O) groups excluding carboxylic acids is 1. The van der Waals surface area contributed by atoms with Gasteiger partial charge in [-0.05, 0) is 58.5 Å². The Labute approximate surface area is 217 Å². The minimum atomic E-state index is -0.261. The summed E-state index contributed by atoms with van der Waals surface area (Å²) >= 11 is 0. The Morgan fingerprint density at radius 1 is 0.784 bits per heavy atom. The van der Waals surface area contributed by atoms with Crippen LogP contribution < -0.4 is 20.1 Å². The summed E-state index contributed by atoms with van der Waals surface area (Å²) in [6, 6.07) is 23.1. The van der Waals surface area contributed by atoms with Crippen molar-refractivity contribution < 1.29 is 14.3 Å². The molecule has 0 saturated carbocycles. The van der Waals surface area contributed by atoms with E-state index in [9.17, 15) is 4.79 Å². The van der Waals surface area contributed by atoms with Crippen LogP contribution in [-0.4, -0.2) is 34.9 Å². The van der Waals surface area contributed by atoms with E-state index in [1.54, 1.807) is 14.2 Å². The number of hydrogen-bond donors (Lipinski definition) is 2. The summed E-state index contributed by atoms with van der Waals surface area (Å²) in [5, 5.41) is 11.0. The Morgan fingerprint density at radius 3 is 1.78 bits per heavy atom. The highest BCUT2D eigenvalue weighted by Gasteiger charge is 2.20. The Hall–Kier alpha value is -4.33. The molecule has 0 aliphatic heterocycles. The van der Waals surface area contributed by atoms with Crippen LogP contribution in [0.1, 0.15) is 47.8 Å². The molecule has 0 fully saturated rings. The van der Waals surface area contributed by atoms with Crippen molar-refractivity contribution in [2.75, 3.05) is 24.9 Å². The predicted molar refractivity (Wildman–Crippen MR) is 146 cm³/mol. The Morgan fingerprint density at radius 2 is 1.30 bits per heavy atom. The average Bonchev–Trinajstić information content (AvgIpc) is 3.33. The van der Waals surface area contributed by atoms with Crippen LogP contribution in [0.25, 0.3) is 0 Å². The van der Waals surface area contributed by atoms with E-state index < -0.39 is 0 Å². The fourth-order valence-electron chi connectivity index (χ4n) is 3.73. The molecule has 8 nitrogen and oxygen atoms in total. The third-order valence-electron chi connectivity index (χ3n) is 6.02.